The highest BCUT2D eigenvalue weighted by Crippen LogP contribution is 2.24. The zero-order valence-electron chi connectivity index (χ0n) is 17.1. The van der Waals surface area contributed by atoms with Gasteiger partial charge in [0.25, 0.3) is 5.91 Å². The van der Waals surface area contributed by atoms with Gasteiger partial charge in [-0.15, -0.1) is 0 Å². The van der Waals surface area contributed by atoms with Crippen molar-refractivity contribution in [3.05, 3.63) is 72.3 Å². The quantitative estimate of drug-likeness (QED) is 0.605. The van der Waals surface area contributed by atoms with Crippen molar-refractivity contribution < 1.29 is 9.53 Å². The molecule has 3 rings (SSSR count). The van der Waals surface area contributed by atoms with Crippen molar-refractivity contribution in [1.29, 1.82) is 0 Å². The van der Waals surface area contributed by atoms with Gasteiger partial charge in [-0.05, 0) is 55.1 Å². The van der Waals surface area contributed by atoms with Gasteiger partial charge in [-0.1, -0.05) is 26.0 Å². The summed E-state index contributed by atoms with van der Waals surface area (Å²) in [4.78, 5) is 19.0. The molecule has 1 amide bonds. The van der Waals surface area contributed by atoms with E-state index in [0.29, 0.717) is 12.1 Å². The number of ether oxygens (including phenoxy) is 1. The van der Waals surface area contributed by atoms with Gasteiger partial charge in [0.1, 0.15) is 18.4 Å². The fraction of sp³-hybridized carbons (Fsp3) is 0.318. The molecule has 0 aliphatic heterocycles. The van der Waals surface area contributed by atoms with Crippen molar-refractivity contribution in [2.45, 2.75) is 19.9 Å². The van der Waals surface area contributed by atoms with Gasteiger partial charge in [0.05, 0.1) is 18.8 Å². The summed E-state index contributed by atoms with van der Waals surface area (Å²) in [5, 5.41) is 7.18. The van der Waals surface area contributed by atoms with Gasteiger partial charge in [0.2, 0.25) is 0 Å². The number of nitrogens with zero attached hydrogens (tertiary/aromatic N) is 4. The van der Waals surface area contributed by atoms with Crippen molar-refractivity contribution in [3.8, 4) is 11.4 Å². The molecule has 0 aliphatic carbocycles. The number of aromatic nitrogens is 3. The molecule has 2 aromatic carbocycles. The van der Waals surface area contributed by atoms with Crippen molar-refractivity contribution in [3.63, 3.8) is 0 Å². The summed E-state index contributed by atoms with van der Waals surface area (Å²) in [5.41, 5.74) is 2.59. The highest BCUT2D eigenvalue weighted by molar-refractivity contribution is 5.94. The summed E-state index contributed by atoms with van der Waals surface area (Å²) in [5.74, 6) is 0.713. The third-order valence-electron chi connectivity index (χ3n) is 5.00. The summed E-state index contributed by atoms with van der Waals surface area (Å²) < 4.78 is 7.03. The number of carbonyl (C=O) groups excluding carboxylic acids is 1. The lowest BCUT2D eigenvalue weighted by molar-refractivity contribution is 0.0935. The van der Waals surface area contributed by atoms with E-state index in [4.69, 9.17) is 4.74 Å². The molecule has 0 radical (unpaired) electrons. The minimum absolute atomic E-state index is 0.0680. The van der Waals surface area contributed by atoms with E-state index in [-0.39, 0.29) is 11.9 Å². The predicted octanol–water partition coefficient (Wildman–Crippen LogP) is 3.09. The summed E-state index contributed by atoms with van der Waals surface area (Å²) in [6, 6.07) is 15.4. The number of likely N-dealkylation sites (N-methyl/N-ethyl adjacent to an activating group) is 1. The zero-order chi connectivity index (χ0) is 20.6. The Labute approximate surface area is 171 Å². The standard InChI is InChI=1S/C22H27N5O2/c1-4-26(5-2)21(18-7-6-8-20(13-18)29-3)14-24-22(28)17-9-11-19(12-10-17)27-16-23-15-25-27/h6-13,15-16,21H,4-5,14H2,1-3H3,(H,24,28). The van der Waals surface area contributed by atoms with Crippen LogP contribution >= 0.6 is 0 Å². The van der Waals surface area contributed by atoms with Gasteiger partial charge in [0, 0.05) is 12.1 Å². The van der Waals surface area contributed by atoms with Crippen molar-refractivity contribution in [2.75, 3.05) is 26.7 Å². The first kappa shape index (κ1) is 20.5. The van der Waals surface area contributed by atoms with Crippen LogP contribution in [0.15, 0.2) is 61.2 Å². The molecule has 152 valence electrons. The van der Waals surface area contributed by atoms with Crippen LogP contribution in [0.1, 0.15) is 35.8 Å². The van der Waals surface area contributed by atoms with Gasteiger partial charge in [-0.25, -0.2) is 9.67 Å². The first-order chi connectivity index (χ1) is 14.2. The van der Waals surface area contributed by atoms with Crippen LogP contribution in [0.3, 0.4) is 0 Å². The number of amides is 1. The second-order valence-electron chi connectivity index (χ2n) is 6.61. The van der Waals surface area contributed by atoms with E-state index in [1.807, 2.05) is 30.3 Å². The lowest BCUT2D eigenvalue weighted by Crippen LogP contribution is -2.38. The molecule has 29 heavy (non-hydrogen) atoms. The van der Waals surface area contributed by atoms with E-state index in [1.54, 1.807) is 30.3 Å². The molecule has 0 saturated heterocycles. The van der Waals surface area contributed by atoms with Crippen molar-refractivity contribution >= 4 is 5.91 Å². The van der Waals surface area contributed by atoms with Gasteiger partial charge in [-0.2, -0.15) is 5.10 Å². The Morgan fingerprint density at radius 1 is 1.17 bits per heavy atom. The van der Waals surface area contributed by atoms with Crippen LogP contribution in [0, 0.1) is 0 Å². The molecule has 0 spiro atoms. The van der Waals surface area contributed by atoms with E-state index in [9.17, 15) is 4.79 Å². The molecule has 1 atom stereocenters. The monoisotopic (exact) mass is 393 g/mol. The molecule has 1 N–H and O–H groups in total. The SMILES string of the molecule is CCN(CC)C(CNC(=O)c1ccc(-n2cncn2)cc1)c1cccc(OC)c1. The number of carbonyl (C=O) groups is 1. The second kappa shape index (κ2) is 9.84. The lowest BCUT2D eigenvalue weighted by atomic mass is 10.0. The van der Waals surface area contributed by atoms with E-state index < -0.39 is 0 Å². The van der Waals surface area contributed by atoms with Gasteiger partial charge in [-0.3, -0.25) is 9.69 Å². The first-order valence-electron chi connectivity index (χ1n) is 9.77. The number of benzene rings is 2. The molecule has 1 aromatic heterocycles. The highest BCUT2D eigenvalue weighted by atomic mass is 16.5. The predicted molar refractivity (Wildman–Crippen MR) is 112 cm³/mol. The van der Waals surface area contributed by atoms with Crippen LogP contribution < -0.4 is 10.1 Å². The van der Waals surface area contributed by atoms with Gasteiger partial charge < -0.3 is 10.1 Å². The van der Waals surface area contributed by atoms with E-state index in [1.165, 1.54) is 6.33 Å². The molecule has 0 fully saturated rings. The third-order valence-corrected chi connectivity index (χ3v) is 5.00. The average Bonchev–Trinajstić information content (AvgIpc) is 3.31. The zero-order valence-corrected chi connectivity index (χ0v) is 17.1. The van der Waals surface area contributed by atoms with Crippen LogP contribution in [0.5, 0.6) is 5.75 Å². The van der Waals surface area contributed by atoms with Crippen molar-refractivity contribution in [2.24, 2.45) is 0 Å². The Balaban J connectivity index is 1.72. The van der Waals surface area contributed by atoms with Crippen LogP contribution in [0.25, 0.3) is 5.69 Å². The highest BCUT2D eigenvalue weighted by Gasteiger charge is 2.20. The summed E-state index contributed by atoms with van der Waals surface area (Å²) in [6.07, 6.45) is 3.10. The van der Waals surface area contributed by atoms with Crippen LogP contribution in [-0.2, 0) is 0 Å². The molecular formula is C22H27N5O2. The van der Waals surface area contributed by atoms with E-state index in [2.05, 4.69) is 40.2 Å². The maximum atomic E-state index is 12.7. The molecule has 0 aliphatic rings. The molecule has 0 bridgehead atoms. The number of hydrogen-bond donors (Lipinski definition) is 1. The number of rotatable bonds is 9. The van der Waals surface area contributed by atoms with Crippen molar-refractivity contribution in [1.82, 2.24) is 25.0 Å². The smallest absolute Gasteiger partial charge is 0.251 e. The second-order valence-corrected chi connectivity index (χ2v) is 6.61. The molecule has 0 saturated carbocycles. The van der Waals surface area contributed by atoms with Crippen LogP contribution in [0.2, 0.25) is 0 Å². The van der Waals surface area contributed by atoms with Gasteiger partial charge >= 0.3 is 0 Å². The summed E-state index contributed by atoms with van der Waals surface area (Å²) >= 11 is 0. The molecule has 1 unspecified atom stereocenters. The van der Waals surface area contributed by atoms with Crippen LogP contribution in [0.4, 0.5) is 0 Å². The molecule has 3 aromatic rings. The maximum Gasteiger partial charge on any atom is 0.251 e. The number of methoxy groups -OCH3 is 1. The summed E-state index contributed by atoms with van der Waals surface area (Å²) in [6.45, 7) is 6.54. The Kier molecular flexibility index (Phi) is 6.97. The fourth-order valence-electron chi connectivity index (χ4n) is 3.37. The molecule has 1 heterocycles. The summed E-state index contributed by atoms with van der Waals surface area (Å²) in [7, 11) is 1.66. The number of nitrogens with one attached hydrogen (secondary N) is 1. The first-order valence-corrected chi connectivity index (χ1v) is 9.77. The minimum Gasteiger partial charge on any atom is -0.497 e. The Morgan fingerprint density at radius 2 is 1.93 bits per heavy atom. The Bertz CT molecular complexity index is 905. The third kappa shape index (κ3) is 5.00. The number of hydrogen-bond acceptors (Lipinski definition) is 5. The van der Waals surface area contributed by atoms with E-state index >= 15 is 0 Å². The fourth-order valence-corrected chi connectivity index (χ4v) is 3.37. The average molecular weight is 393 g/mol. The lowest BCUT2D eigenvalue weighted by Gasteiger charge is -2.30. The largest absolute Gasteiger partial charge is 0.497 e. The molecule has 7 heteroatoms. The van der Waals surface area contributed by atoms with Gasteiger partial charge in [0.15, 0.2) is 0 Å². The van der Waals surface area contributed by atoms with Crippen LogP contribution in [-0.4, -0.2) is 52.3 Å². The molecule has 7 nitrogen and oxygen atoms in total. The minimum atomic E-state index is -0.102. The Morgan fingerprint density at radius 3 is 2.55 bits per heavy atom. The topological polar surface area (TPSA) is 72.3 Å². The normalized spacial score (nSPS) is 12.0. The Hall–Kier alpha value is -3.19. The molecular weight excluding hydrogens is 366 g/mol. The van der Waals surface area contributed by atoms with E-state index in [0.717, 1.165) is 30.1 Å². The maximum absolute atomic E-state index is 12.7.